The molecule has 0 radical (unpaired) electrons. The summed E-state index contributed by atoms with van der Waals surface area (Å²) in [5.74, 6) is 2.47. The molecule has 2 atom stereocenters. The van der Waals surface area contributed by atoms with Crippen LogP contribution in [0.2, 0.25) is 0 Å². The highest BCUT2D eigenvalue weighted by Gasteiger charge is 2.58. The van der Waals surface area contributed by atoms with Gasteiger partial charge in [0.25, 0.3) is 0 Å². The summed E-state index contributed by atoms with van der Waals surface area (Å²) in [6, 6.07) is 12.3. The molecule has 1 aliphatic carbocycles. The zero-order valence-electron chi connectivity index (χ0n) is 13.0. The second kappa shape index (κ2) is 5.92. The van der Waals surface area contributed by atoms with Gasteiger partial charge in [0, 0.05) is 16.5 Å². The Morgan fingerprint density at radius 1 is 1.14 bits per heavy atom. The van der Waals surface area contributed by atoms with E-state index < -0.39 is 0 Å². The van der Waals surface area contributed by atoms with Crippen LogP contribution in [0.1, 0.15) is 25.3 Å². The van der Waals surface area contributed by atoms with Gasteiger partial charge in [-0.1, -0.05) is 41.9 Å². The number of methoxy groups -OCH3 is 1. The molecule has 22 heavy (non-hydrogen) atoms. The SMILES string of the molecule is COc1ccc(OC[C@H]2[C@H](c3ccc(Br)cc3)C2(C)C)cn1. The number of ether oxygens (including phenoxy) is 2. The molecule has 1 aliphatic rings. The summed E-state index contributed by atoms with van der Waals surface area (Å²) in [7, 11) is 1.61. The first-order chi connectivity index (χ1) is 10.5. The fraction of sp³-hybridized carbons (Fsp3) is 0.389. The summed E-state index contributed by atoms with van der Waals surface area (Å²) in [5, 5.41) is 0. The van der Waals surface area contributed by atoms with Gasteiger partial charge in [-0.05, 0) is 35.1 Å². The van der Waals surface area contributed by atoms with Crippen LogP contribution >= 0.6 is 15.9 Å². The van der Waals surface area contributed by atoms with Crippen molar-refractivity contribution in [2.75, 3.05) is 13.7 Å². The standard InChI is InChI=1S/C18H20BrNO2/c1-18(2)15(17(18)12-4-6-13(19)7-5-12)11-22-14-8-9-16(21-3)20-10-14/h4-10,15,17H,11H2,1-3H3/t15-,17-/m0/s1. The molecule has 0 N–H and O–H groups in total. The average molecular weight is 362 g/mol. The monoisotopic (exact) mass is 361 g/mol. The van der Waals surface area contributed by atoms with Crippen LogP contribution in [0.3, 0.4) is 0 Å². The Kier molecular flexibility index (Phi) is 4.13. The van der Waals surface area contributed by atoms with E-state index in [0.29, 0.717) is 24.3 Å². The molecule has 3 rings (SSSR count). The van der Waals surface area contributed by atoms with Crippen molar-refractivity contribution in [1.82, 2.24) is 4.98 Å². The third-order valence-corrected chi connectivity index (χ3v) is 5.16. The Morgan fingerprint density at radius 3 is 2.45 bits per heavy atom. The normalized spacial score (nSPS) is 22.2. The van der Waals surface area contributed by atoms with E-state index in [-0.39, 0.29) is 5.41 Å². The molecule has 0 saturated heterocycles. The summed E-state index contributed by atoms with van der Waals surface area (Å²) >= 11 is 3.49. The molecule has 0 bridgehead atoms. The van der Waals surface area contributed by atoms with Gasteiger partial charge in [0.1, 0.15) is 5.75 Å². The molecule has 0 unspecified atom stereocenters. The molecule has 3 nitrogen and oxygen atoms in total. The van der Waals surface area contributed by atoms with E-state index in [2.05, 4.69) is 59.0 Å². The van der Waals surface area contributed by atoms with Crippen LogP contribution in [0.25, 0.3) is 0 Å². The first kappa shape index (κ1) is 15.3. The van der Waals surface area contributed by atoms with E-state index in [1.165, 1.54) is 5.56 Å². The Labute approximate surface area is 139 Å². The number of hydrogen-bond acceptors (Lipinski definition) is 3. The molecule has 2 aromatic rings. The minimum atomic E-state index is 0.272. The van der Waals surface area contributed by atoms with Crippen molar-refractivity contribution in [2.24, 2.45) is 11.3 Å². The van der Waals surface area contributed by atoms with E-state index in [9.17, 15) is 0 Å². The van der Waals surface area contributed by atoms with Crippen molar-refractivity contribution >= 4 is 15.9 Å². The average Bonchev–Trinajstić information content (AvgIpc) is 3.07. The van der Waals surface area contributed by atoms with Crippen LogP contribution in [0.5, 0.6) is 11.6 Å². The van der Waals surface area contributed by atoms with E-state index in [1.54, 1.807) is 13.3 Å². The van der Waals surface area contributed by atoms with Gasteiger partial charge in [-0.2, -0.15) is 0 Å². The van der Waals surface area contributed by atoms with Gasteiger partial charge >= 0.3 is 0 Å². The second-order valence-corrected chi connectivity index (χ2v) is 7.22. The minimum absolute atomic E-state index is 0.272. The van der Waals surface area contributed by atoms with Crippen LogP contribution in [0, 0.1) is 11.3 Å². The smallest absolute Gasteiger partial charge is 0.213 e. The van der Waals surface area contributed by atoms with Gasteiger partial charge in [-0.15, -0.1) is 0 Å². The number of halogens is 1. The zero-order valence-corrected chi connectivity index (χ0v) is 14.6. The maximum atomic E-state index is 5.91. The Hall–Kier alpha value is -1.55. The number of nitrogens with zero attached hydrogens (tertiary/aromatic N) is 1. The molecule has 0 spiro atoms. The third kappa shape index (κ3) is 2.98. The Bertz CT molecular complexity index is 637. The number of benzene rings is 1. The lowest BCUT2D eigenvalue weighted by Crippen LogP contribution is -2.04. The van der Waals surface area contributed by atoms with Gasteiger partial charge in [-0.25, -0.2) is 4.98 Å². The lowest BCUT2D eigenvalue weighted by molar-refractivity contribution is 0.277. The van der Waals surface area contributed by atoms with Gasteiger partial charge in [0.15, 0.2) is 0 Å². The molecule has 1 heterocycles. The zero-order chi connectivity index (χ0) is 15.7. The predicted octanol–water partition coefficient (Wildman–Crippen LogP) is 4.67. The molecular weight excluding hydrogens is 342 g/mol. The van der Waals surface area contributed by atoms with Crippen molar-refractivity contribution < 1.29 is 9.47 Å². The van der Waals surface area contributed by atoms with Crippen LogP contribution in [-0.4, -0.2) is 18.7 Å². The minimum Gasteiger partial charge on any atom is -0.492 e. The molecule has 0 amide bonds. The number of pyridine rings is 1. The largest absolute Gasteiger partial charge is 0.492 e. The second-order valence-electron chi connectivity index (χ2n) is 6.30. The van der Waals surface area contributed by atoms with Crippen molar-refractivity contribution in [1.29, 1.82) is 0 Å². The number of aromatic nitrogens is 1. The summed E-state index contributed by atoms with van der Waals surface area (Å²) in [4.78, 5) is 4.17. The van der Waals surface area contributed by atoms with Gasteiger partial charge in [-0.3, -0.25) is 0 Å². The highest BCUT2D eigenvalue weighted by atomic mass is 79.9. The lowest BCUT2D eigenvalue weighted by atomic mass is 10.0. The van der Waals surface area contributed by atoms with Crippen LogP contribution in [0.15, 0.2) is 47.1 Å². The van der Waals surface area contributed by atoms with E-state index >= 15 is 0 Å². The summed E-state index contributed by atoms with van der Waals surface area (Å²) in [5.41, 5.74) is 1.66. The Balaban J connectivity index is 1.64. The summed E-state index contributed by atoms with van der Waals surface area (Å²) in [6.07, 6.45) is 1.71. The van der Waals surface area contributed by atoms with Crippen LogP contribution in [-0.2, 0) is 0 Å². The van der Waals surface area contributed by atoms with Gasteiger partial charge < -0.3 is 9.47 Å². The van der Waals surface area contributed by atoms with Crippen molar-refractivity contribution in [3.05, 3.63) is 52.6 Å². The van der Waals surface area contributed by atoms with Crippen molar-refractivity contribution in [3.8, 4) is 11.6 Å². The summed E-state index contributed by atoms with van der Waals surface area (Å²) in [6.45, 7) is 5.32. The van der Waals surface area contributed by atoms with E-state index in [0.717, 1.165) is 10.2 Å². The highest BCUT2D eigenvalue weighted by Crippen LogP contribution is 2.64. The van der Waals surface area contributed by atoms with E-state index in [1.807, 2.05) is 12.1 Å². The first-order valence-electron chi connectivity index (χ1n) is 7.40. The molecule has 1 aromatic carbocycles. The molecule has 1 saturated carbocycles. The first-order valence-corrected chi connectivity index (χ1v) is 8.20. The molecule has 4 heteroatoms. The van der Waals surface area contributed by atoms with Gasteiger partial charge in [0.05, 0.1) is 19.9 Å². The molecular formula is C18H20BrNO2. The molecule has 116 valence electrons. The number of hydrogen-bond donors (Lipinski definition) is 0. The molecule has 0 aliphatic heterocycles. The lowest BCUT2D eigenvalue weighted by Gasteiger charge is -2.07. The van der Waals surface area contributed by atoms with Crippen LogP contribution < -0.4 is 9.47 Å². The topological polar surface area (TPSA) is 31.4 Å². The third-order valence-electron chi connectivity index (χ3n) is 4.63. The quantitative estimate of drug-likeness (QED) is 0.775. The molecule has 1 aromatic heterocycles. The van der Waals surface area contributed by atoms with Gasteiger partial charge in [0.2, 0.25) is 5.88 Å². The van der Waals surface area contributed by atoms with E-state index in [4.69, 9.17) is 9.47 Å². The predicted molar refractivity (Wildman–Crippen MR) is 90.4 cm³/mol. The molecule has 1 fully saturated rings. The van der Waals surface area contributed by atoms with Crippen molar-refractivity contribution in [3.63, 3.8) is 0 Å². The maximum Gasteiger partial charge on any atom is 0.213 e. The van der Waals surface area contributed by atoms with Crippen molar-refractivity contribution in [2.45, 2.75) is 19.8 Å². The fourth-order valence-corrected chi connectivity index (χ4v) is 3.41. The fourth-order valence-electron chi connectivity index (χ4n) is 3.15. The summed E-state index contributed by atoms with van der Waals surface area (Å²) < 4.78 is 12.1. The highest BCUT2D eigenvalue weighted by molar-refractivity contribution is 9.10. The number of rotatable bonds is 5. The maximum absolute atomic E-state index is 5.91. The Morgan fingerprint density at radius 2 is 1.86 bits per heavy atom. The van der Waals surface area contributed by atoms with Crippen LogP contribution in [0.4, 0.5) is 0 Å².